The first-order chi connectivity index (χ1) is 10.7. The highest BCUT2D eigenvalue weighted by molar-refractivity contribution is 7.18. The summed E-state index contributed by atoms with van der Waals surface area (Å²) >= 11 is 1.16. The van der Waals surface area contributed by atoms with Gasteiger partial charge in [-0.1, -0.05) is 53.8 Å². The van der Waals surface area contributed by atoms with E-state index in [0.29, 0.717) is 32.4 Å². The molecule has 0 atom stereocenters. The Hall–Kier alpha value is -2.97. The van der Waals surface area contributed by atoms with Crippen LogP contribution in [-0.4, -0.2) is 10.8 Å². The number of anilines is 1. The predicted octanol–water partition coefficient (Wildman–Crippen LogP) is 3.49. The number of rotatable bonds is 3. The van der Waals surface area contributed by atoms with Crippen LogP contribution in [0.4, 0.5) is 5.13 Å². The van der Waals surface area contributed by atoms with E-state index in [2.05, 4.69) is 11.1 Å². The van der Waals surface area contributed by atoms with Gasteiger partial charge in [0.25, 0.3) is 0 Å². The number of ketones is 1. The van der Waals surface area contributed by atoms with Crippen molar-refractivity contribution < 1.29 is 4.79 Å². The quantitative estimate of drug-likeness (QED) is 0.751. The summed E-state index contributed by atoms with van der Waals surface area (Å²) in [6.45, 7) is 0. The highest BCUT2D eigenvalue weighted by atomic mass is 32.1. The minimum Gasteiger partial charge on any atom is -0.375 e. The van der Waals surface area contributed by atoms with Gasteiger partial charge in [-0.3, -0.25) is 4.79 Å². The average molecular weight is 305 g/mol. The first kappa shape index (κ1) is 14.0. The van der Waals surface area contributed by atoms with Gasteiger partial charge in [-0.25, -0.2) is 4.98 Å². The van der Waals surface area contributed by atoms with Crippen molar-refractivity contribution in [3.8, 4) is 17.3 Å². The highest BCUT2D eigenvalue weighted by Crippen LogP contribution is 2.31. The summed E-state index contributed by atoms with van der Waals surface area (Å²) in [6, 6.07) is 18.1. The summed E-state index contributed by atoms with van der Waals surface area (Å²) in [5, 5.41) is 9.34. The first-order valence-electron chi connectivity index (χ1n) is 6.55. The van der Waals surface area contributed by atoms with E-state index < -0.39 is 0 Å². The van der Waals surface area contributed by atoms with Gasteiger partial charge in [0, 0.05) is 11.1 Å². The zero-order valence-electron chi connectivity index (χ0n) is 11.5. The topological polar surface area (TPSA) is 79.8 Å². The van der Waals surface area contributed by atoms with E-state index in [1.807, 2.05) is 24.3 Å². The van der Waals surface area contributed by atoms with Crippen molar-refractivity contribution >= 4 is 22.3 Å². The molecule has 0 amide bonds. The van der Waals surface area contributed by atoms with Gasteiger partial charge in [0.05, 0.1) is 17.3 Å². The van der Waals surface area contributed by atoms with Crippen molar-refractivity contribution in [2.75, 3.05) is 5.73 Å². The Bertz CT molecular complexity index is 878. The standard InChI is InChI=1S/C17H11N3OS/c18-10-11-5-4-8-13(9-11)14-16(22-17(19)20-14)15(21)12-6-2-1-3-7-12/h1-9H,(H2,19,20). The molecule has 0 saturated carbocycles. The van der Waals surface area contributed by atoms with Crippen LogP contribution >= 0.6 is 11.3 Å². The van der Waals surface area contributed by atoms with Crippen molar-refractivity contribution in [3.05, 3.63) is 70.6 Å². The molecule has 22 heavy (non-hydrogen) atoms. The lowest BCUT2D eigenvalue weighted by molar-refractivity contribution is 0.104. The van der Waals surface area contributed by atoms with Gasteiger partial charge in [0.1, 0.15) is 4.88 Å². The molecule has 0 radical (unpaired) electrons. The summed E-state index contributed by atoms with van der Waals surface area (Å²) in [6.07, 6.45) is 0. The molecule has 3 rings (SSSR count). The molecule has 0 saturated heterocycles. The number of nitrogens with zero attached hydrogens (tertiary/aromatic N) is 2. The molecule has 0 aliphatic heterocycles. The SMILES string of the molecule is N#Cc1cccc(-c2nc(N)sc2C(=O)c2ccccc2)c1. The number of nitriles is 1. The number of carbonyl (C=O) groups is 1. The van der Waals surface area contributed by atoms with Crippen LogP contribution in [0.25, 0.3) is 11.3 Å². The van der Waals surface area contributed by atoms with E-state index in [1.54, 1.807) is 30.3 Å². The van der Waals surface area contributed by atoms with Crippen LogP contribution in [0.5, 0.6) is 0 Å². The van der Waals surface area contributed by atoms with Crippen molar-refractivity contribution in [2.45, 2.75) is 0 Å². The number of hydrogen-bond donors (Lipinski definition) is 1. The van der Waals surface area contributed by atoms with Crippen LogP contribution in [0.2, 0.25) is 0 Å². The van der Waals surface area contributed by atoms with E-state index in [9.17, 15) is 4.79 Å². The molecule has 0 aliphatic rings. The van der Waals surface area contributed by atoms with Crippen LogP contribution in [0.3, 0.4) is 0 Å². The van der Waals surface area contributed by atoms with Gasteiger partial charge >= 0.3 is 0 Å². The zero-order chi connectivity index (χ0) is 15.5. The lowest BCUT2D eigenvalue weighted by atomic mass is 10.0. The van der Waals surface area contributed by atoms with Crippen LogP contribution < -0.4 is 5.73 Å². The van der Waals surface area contributed by atoms with Crippen LogP contribution in [0, 0.1) is 11.3 Å². The van der Waals surface area contributed by atoms with Crippen molar-refractivity contribution in [1.82, 2.24) is 4.98 Å². The number of nitrogens with two attached hydrogens (primary N) is 1. The summed E-state index contributed by atoms with van der Waals surface area (Å²) in [5.41, 5.74) is 8.13. The lowest BCUT2D eigenvalue weighted by Crippen LogP contribution is -2.00. The van der Waals surface area contributed by atoms with E-state index >= 15 is 0 Å². The van der Waals surface area contributed by atoms with Gasteiger partial charge < -0.3 is 5.73 Å². The molecule has 0 aliphatic carbocycles. The summed E-state index contributed by atoms with van der Waals surface area (Å²) in [7, 11) is 0. The second-order valence-electron chi connectivity index (χ2n) is 4.62. The third kappa shape index (κ3) is 2.60. The summed E-state index contributed by atoms with van der Waals surface area (Å²) in [5.74, 6) is -0.118. The smallest absolute Gasteiger partial charge is 0.205 e. The maximum absolute atomic E-state index is 12.7. The largest absolute Gasteiger partial charge is 0.375 e. The molecule has 1 heterocycles. The molecule has 1 aromatic heterocycles. The third-order valence-corrected chi connectivity index (χ3v) is 4.03. The van der Waals surface area contributed by atoms with E-state index in [1.165, 1.54) is 0 Å². The highest BCUT2D eigenvalue weighted by Gasteiger charge is 2.20. The number of carbonyl (C=O) groups excluding carboxylic acids is 1. The Morgan fingerprint density at radius 2 is 1.91 bits per heavy atom. The monoisotopic (exact) mass is 305 g/mol. The third-order valence-electron chi connectivity index (χ3n) is 3.15. The van der Waals surface area contributed by atoms with E-state index in [-0.39, 0.29) is 5.78 Å². The number of aromatic nitrogens is 1. The fourth-order valence-corrected chi connectivity index (χ4v) is 2.96. The van der Waals surface area contributed by atoms with E-state index in [4.69, 9.17) is 11.0 Å². The number of benzene rings is 2. The molecule has 106 valence electrons. The Labute approximate surface area is 131 Å². The zero-order valence-corrected chi connectivity index (χ0v) is 12.3. The maximum Gasteiger partial charge on any atom is 0.205 e. The van der Waals surface area contributed by atoms with Crippen LogP contribution in [0.15, 0.2) is 54.6 Å². The Kier molecular flexibility index (Phi) is 3.69. The normalized spacial score (nSPS) is 10.1. The molecular formula is C17H11N3OS. The van der Waals surface area contributed by atoms with Gasteiger partial charge in [-0.2, -0.15) is 5.26 Å². The molecule has 0 fully saturated rings. The van der Waals surface area contributed by atoms with Gasteiger partial charge in [0.15, 0.2) is 5.13 Å². The Morgan fingerprint density at radius 1 is 1.14 bits per heavy atom. The van der Waals surface area contributed by atoms with Crippen molar-refractivity contribution in [3.63, 3.8) is 0 Å². The molecule has 2 N–H and O–H groups in total. The molecule has 0 spiro atoms. The molecule has 5 heteroatoms. The second-order valence-corrected chi connectivity index (χ2v) is 5.65. The van der Waals surface area contributed by atoms with Crippen LogP contribution in [0.1, 0.15) is 20.8 Å². The number of nitrogen functional groups attached to an aromatic ring is 1. The molecular weight excluding hydrogens is 294 g/mol. The lowest BCUT2D eigenvalue weighted by Gasteiger charge is -2.02. The average Bonchev–Trinajstić information content (AvgIpc) is 2.97. The first-order valence-corrected chi connectivity index (χ1v) is 7.37. The fraction of sp³-hybridized carbons (Fsp3) is 0. The minimum absolute atomic E-state index is 0.118. The molecule has 3 aromatic rings. The molecule has 0 bridgehead atoms. The molecule has 4 nitrogen and oxygen atoms in total. The van der Waals surface area contributed by atoms with Crippen molar-refractivity contribution in [1.29, 1.82) is 5.26 Å². The summed E-state index contributed by atoms with van der Waals surface area (Å²) < 4.78 is 0. The van der Waals surface area contributed by atoms with Gasteiger partial charge in [-0.05, 0) is 12.1 Å². The second kappa shape index (κ2) is 5.80. The maximum atomic E-state index is 12.7. The minimum atomic E-state index is -0.118. The van der Waals surface area contributed by atoms with E-state index in [0.717, 1.165) is 11.3 Å². The molecule has 2 aromatic carbocycles. The summed E-state index contributed by atoms with van der Waals surface area (Å²) in [4.78, 5) is 17.4. The van der Waals surface area contributed by atoms with Gasteiger partial charge in [-0.15, -0.1) is 0 Å². The fourth-order valence-electron chi connectivity index (χ4n) is 2.14. The molecule has 0 unspecified atom stereocenters. The Morgan fingerprint density at radius 3 is 2.64 bits per heavy atom. The van der Waals surface area contributed by atoms with Gasteiger partial charge in [0.2, 0.25) is 5.78 Å². The number of hydrogen-bond acceptors (Lipinski definition) is 5. The van der Waals surface area contributed by atoms with Crippen molar-refractivity contribution in [2.24, 2.45) is 0 Å². The predicted molar refractivity (Wildman–Crippen MR) is 86.6 cm³/mol. The number of thiazole rings is 1. The Balaban J connectivity index is 2.11. The van der Waals surface area contributed by atoms with Crippen LogP contribution in [-0.2, 0) is 0 Å².